The van der Waals surface area contributed by atoms with Crippen molar-refractivity contribution in [2.75, 3.05) is 6.61 Å². The first-order valence-electron chi connectivity index (χ1n) is 10.1. The van der Waals surface area contributed by atoms with E-state index in [1.165, 1.54) is 16.6 Å². The van der Waals surface area contributed by atoms with Crippen LogP contribution < -0.4 is 4.74 Å². The maximum absolute atomic E-state index is 6.16. The number of benzene rings is 3. The molecule has 0 saturated heterocycles. The molecule has 3 aromatic carbocycles. The van der Waals surface area contributed by atoms with Crippen molar-refractivity contribution in [3.63, 3.8) is 0 Å². The van der Waals surface area contributed by atoms with Crippen molar-refractivity contribution in [2.45, 2.75) is 32.7 Å². The highest BCUT2D eigenvalue weighted by molar-refractivity contribution is 6.32. The molecule has 1 heterocycles. The minimum absolute atomic E-state index is 0.656. The van der Waals surface area contributed by atoms with Gasteiger partial charge in [0.2, 0.25) is 0 Å². The molecule has 0 N–H and O–H groups in total. The molecule has 0 saturated carbocycles. The number of fused-ring (bicyclic) bond motifs is 1. The van der Waals surface area contributed by atoms with Crippen LogP contribution in [-0.2, 0) is 13.0 Å². The molecule has 4 rings (SSSR count). The molecule has 0 atom stereocenters. The van der Waals surface area contributed by atoms with Gasteiger partial charge in [0.25, 0.3) is 0 Å². The summed E-state index contributed by atoms with van der Waals surface area (Å²) in [7, 11) is 0. The zero-order chi connectivity index (χ0) is 20.1. The quantitative estimate of drug-likeness (QED) is 0.315. The summed E-state index contributed by atoms with van der Waals surface area (Å²) in [5.74, 6) is 1.87. The van der Waals surface area contributed by atoms with E-state index in [4.69, 9.17) is 21.3 Å². The average molecular weight is 405 g/mol. The summed E-state index contributed by atoms with van der Waals surface area (Å²) >= 11 is 6.16. The van der Waals surface area contributed by atoms with E-state index in [-0.39, 0.29) is 0 Å². The number of hydrogen-bond donors (Lipinski definition) is 0. The molecule has 4 aromatic rings. The molecule has 0 bridgehead atoms. The van der Waals surface area contributed by atoms with Gasteiger partial charge in [0.15, 0.2) is 0 Å². The molecule has 3 nitrogen and oxygen atoms in total. The topological polar surface area (TPSA) is 27.1 Å². The fraction of sp³-hybridized carbons (Fsp3) is 0.240. The van der Waals surface area contributed by atoms with Crippen molar-refractivity contribution in [1.82, 2.24) is 9.55 Å². The Morgan fingerprint density at radius 3 is 2.52 bits per heavy atom. The lowest BCUT2D eigenvalue weighted by Gasteiger charge is -2.11. The second-order valence-corrected chi connectivity index (χ2v) is 7.66. The van der Waals surface area contributed by atoms with Crippen LogP contribution in [0.1, 0.15) is 29.8 Å². The highest BCUT2D eigenvalue weighted by Gasteiger charge is 2.12. The molecule has 148 valence electrons. The van der Waals surface area contributed by atoms with Crippen molar-refractivity contribution in [3.05, 3.63) is 94.8 Å². The smallest absolute Gasteiger partial charge is 0.137 e. The van der Waals surface area contributed by atoms with E-state index in [1.807, 2.05) is 24.3 Å². The number of aryl methyl sites for hydroxylation is 2. The van der Waals surface area contributed by atoms with E-state index >= 15 is 0 Å². The monoisotopic (exact) mass is 404 g/mol. The number of ether oxygens (including phenoxy) is 1. The normalized spacial score (nSPS) is 11.1. The minimum Gasteiger partial charge on any atom is -0.492 e. The number of nitrogens with zero attached hydrogens (tertiary/aromatic N) is 2. The Morgan fingerprint density at radius 1 is 0.897 bits per heavy atom. The number of rotatable bonds is 8. The highest BCUT2D eigenvalue weighted by atomic mass is 35.5. The molecule has 29 heavy (non-hydrogen) atoms. The van der Waals surface area contributed by atoms with Crippen LogP contribution in [-0.4, -0.2) is 16.2 Å². The summed E-state index contributed by atoms with van der Waals surface area (Å²) in [5, 5.41) is 0.661. The maximum atomic E-state index is 6.16. The molecule has 0 radical (unpaired) electrons. The van der Waals surface area contributed by atoms with Gasteiger partial charge < -0.3 is 9.30 Å². The Labute approximate surface area is 176 Å². The second-order valence-electron chi connectivity index (χ2n) is 7.26. The van der Waals surface area contributed by atoms with Crippen molar-refractivity contribution < 1.29 is 4.74 Å². The first-order valence-corrected chi connectivity index (χ1v) is 10.5. The number of imidazole rings is 1. The Morgan fingerprint density at radius 2 is 1.66 bits per heavy atom. The van der Waals surface area contributed by atoms with Crippen molar-refractivity contribution in [1.29, 1.82) is 0 Å². The van der Waals surface area contributed by atoms with Crippen molar-refractivity contribution in [2.24, 2.45) is 0 Å². The van der Waals surface area contributed by atoms with Crippen LogP contribution in [0.4, 0.5) is 0 Å². The number of halogens is 1. The fourth-order valence-corrected chi connectivity index (χ4v) is 3.79. The number of unbranched alkanes of at least 4 members (excludes halogenated alkanes) is 1. The fourth-order valence-electron chi connectivity index (χ4n) is 3.60. The SMILES string of the molecule is Cc1ccccc1Cc1nc2ccccc2n1CCCCOc1ccccc1Cl. The molecule has 0 aliphatic rings. The van der Waals surface area contributed by atoms with Gasteiger partial charge in [-0.1, -0.05) is 60.1 Å². The lowest BCUT2D eigenvalue weighted by molar-refractivity contribution is 0.303. The third-order valence-electron chi connectivity index (χ3n) is 5.21. The highest BCUT2D eigenvalue weighted by Crippen LogP contribution is 2.24. The van der Waals surface area contributed by atoms with Gasteiger partial charge in [0, 0.05) is 13.0 Å². The summed E-state index contributed by atoms with van der Waals surface area (Å²) in [6.45, 7) is 3.74. The van der Waals surface area contributed by atoms with E-state index in [1.54, 1.807) is 0 Å². The number of para-hydroxylation sites is 3. The van der Waals surface area contributed by atoms with Crippen LogP contribution in [0.5, 0.6) is 5.75 Å². The second kappa shape index (κ2) is 9.15. The van der Waals surface area contributed by atoms with Gasteiger partial charge in [0.05, 0.1) is 22.7 Å². The van der Waals surface area contributed by atoms with Crippen LogP contribution in [0.15, 0.2) is 72.8 Å². The van der Waals surface area contributed by atoms with Gasteiger partial charge in [-0.15, -0.1) is 0 Å². The largest absolute Gasteiger partial charge is 0.492 e. The molecular formula is C25H25ClN2O. The zero-order valence-corrected chi connectivity index (χ0v) is 17.4. The molecule has 0 amide bonds. The average Bonchev–Trinajstić information content (AvgIpc) is 3.08. The predicted octanol–water partition coefficient (Wildman–Crippen LogP) is 6.45. The van der Waals surface area contributed by atoms with Gasteiger partial charge >= 0.3 is 0 Å². The van der Waals surface area contributed by atoms with Gasteiger partial charge in [-0.2, -0.15) is 0 Å². The van der Waals surface area contributed by atoms with E-state index < -0.39 is 0 Å². The van der Waals surface area contributed by atoms with Crippen LogP contribution in [0, 0.1) is 6.92 Å². The van der Waals surface area contributed by atoms with E-state index in [2.05, 4.69) is 60.0 Å². The molecular weight excluding hydrogens is 380 g/mol. The summed E-state index contributed by atoms with van der Waals surface area (Å²) in [6.07, 6.45) is 2.82. The van der Waals surface area contributed by atoms with Crippen LogP contribution >= 0.6 is 11.6 Å². The van der Waals surface area contributed by atoms with Gasteiger partial charge in [0.1, 0.15) is 11.6 Å². The predicted molar refractivity (Wildman–Crippen MR) is 120 cm³/mol. The Balaban J connectivity index is 1.45. The summed E-state index contributed by atoms with van der Waals surface area (Å²) in [6, 6.07) is 24.5. The minimum atomic E-state index is 0.656. The van der Waals surface area contributed by atoms with Crippen LogP contribution in [0.25, 0.3) is 11.0 Å². The summed E-state index contributed by atoms with van der Waals surface area (Å²) < 4.78 is 8.19. The number of aromatic nitrogens is 2. The first kappa shape index (κ1) is 19.5. The van der Waals surface area contributed by atoms with Gasteiger partial charge in [-0.3, -0.25) is 0 Å². The molecule has 0 fully saturated rings. The maximum Gasteiger partial charge on any atom is 0.137 e. The third-order valence-corrected chi connectivity index (χ3v) is 5.53. The Kier molecular flexibility index (Phi) is 6.16. The van der Waals surface area contributed by atoms with E-state index in [9.17, 15) is 0 Å². The van der Waals surface area contributed by atoms with E-state index in [0.29, 0.717) is 11.6 Å². The summed E-state index contributed by atoms with van der Waals surface area (Å²) in [4.78, 5) is 4.92. The van der Waals surface area contributed by atoms with Gasteiger partial charge in [-0.25, -0.2) is 4.98 Å². The third kappa shape index (κ3) is 4.63. The standard InChI is InChI=1S/C25H25ClN2O/c1-19-10-2-3-11-20(19)18-25-27-22-13-5-6-14-23(22)28(25)16-8-9-17-29-24-15-7-4-12-21(24)26/h2-7,10-15H,8-9,16-18H2,1H3. The van der Waals surface area contributed by atoms with Crippen LogP contribution in [0.3, 0.4) is 0 Å². The molecule has 1 aromatic heterocycles. The van der Waals surface area contributed by atoms with Crippen LogP contribution in [0.2, 0.25) is 5.02 Å². The molecule has 0 aliphatic carbocycles. The van der Waals surface area contributed by atoms with E-state index in [0.717, 1.165) is 42.9 Å². The molecule has 0 aliphatic heterocycles. The Hall–Kier alpha value is -2.78. The molecule has 0 unspecified atom stereocenters. The molecule has 0 spiro atoms. The van der Waals surface area contributed by atoms with Gasteiger partial charge in [-0.05, 0) is 55.2 Å². The Bertz CT molecular complexity index is 1100. The summed E-state index contributed by atoms with van der Waals surface area (Å²) in [5.41, 5.74) is 4.89. The zero-order valence-electron chi connectivity index (χ0n) is 16.6. The lowest BCUT2D eigenvalue weighted by atomic mass is 10.1. The number of hydrogen-bond acceptors (Lipinski definition) is 2. The first-order chi connectivity index (χ1) is 14.2. The van der Waals surface area contributed by atoms with Crippen molar-refractivity contribution in [3.8, 4) is 5.75 Å². The van der Waals surface area contributed by atoms with Crippen molar-refractivity contribution >= 4 is 22.6 Å². The lowest BCUT2D eigenvalue weighted by Crippen LogP contribution is -2.07. The molecule has 4 heteroatoms.